The number of rotatable bonds is 6. The van der Waals surface area contributed by atoms with Crippen molar-refractivity contribution in [1.29, 1.82) is 0 Å². The maximum absolute atomic E-state index is 6.29. The zero-order valence-corrected chi connectivity index (χ0v) is 21.8. The third kappa shape index (κ3) is 4.79. The highest BCUT2D eigenvalue weighted by atomic mass is 16.5. The summed E-state index contributed by atoms with van der Waals surface area (Å²) in [7, 11) is 0. The average molecular weight is 526 g/mol. The zero-order chi connectivity index (χ0) is 26.7. The molecule has 7 heteroatoms. The van der Waals surface area contributed by atoms with E-state index in [1.165, 1.54) is 0 Å². The van der Waals surface area contributed by atoms with Gasteiger partial charge in [0.05, 0.1) is 18.7 Å². The third-order valence-electron chi connectivity index (χ3n) is 7.14. The lowest BCUT2D eigenvalue weighted by Crippen LogP contribution is -2.36. The third-order valence-corrected chi connectivity index (χ3v) is 7.14. The Morgan fingerprint density at radius 1 is 0.725 bits per heavy atom. The number of ether oxygens (including phenoxy) is 2. The second-order valence-corrected chi connectivity index (χ2v) is 9.67. The number of fused-ring (bicyclic) bond motifs is 2. The molecule has 40 heavy (non-hydrogen) atoms. The summed E-state index contributed by atoms with van der Waals surface area (Å²) >= 11 is 0. The lowest BCUT2D eigenvalue weighted by atomic mass is 10.0. The Labute approximate surface area is 232 Å². The summed E-state index contributed by atoms with van der Waals surface area (Å²) in [5, 5.41) is 15.6. The highest BCUT2D eigenvalue weighted by Crippen LogP contribution is 2.34. The quantitative estimate of drug-likeness (QED) is 0.246. The first-order valence-electron chi connectivity index (χ1n) is 13.4. The van der Waals surface area contributed by atoms with Gasteiger partial charge in [-0.15, -0.1) is 10.2 Å². The molecule has 1 saturated heterocycles. The molecular weight excluding hydrogens is 498 g/mol. The predicted octanol–water partition coefficient (Wildman–Crippen LogP) is 7.22. The largest absolute Gasteiger partial charge is 0.457 e. The number of hydrogen-bond acceptors (Lipinski definition) is 7. The van der Waals surface area contributed by atoms with Crippen LogP contribution in [-0.2, 0) is 4.74 Å². The molecule has 1 fully saturated rings. The van der Waals surface area contributed by atoms with Crippen LogP contribution in [0.1, 0.15) is 0 Å². The summed E-state index contributed by atoms with van der Waals surface area (Å²) in [6.07, 6.45) is 1.79. The maximum atomic E-state index is 6.29. The minimum Gasteiger partial charge on any atom is -0.457 e. The van der Waals surface area contributed by atoms with E-state index < -0.39 is 0 Å². The smallest absolute Gasteiger partial charge is 0.161 e. The molecule has 0 saturated carbocycles. The molecule has 0 bridgehead atoms. The molecule has 1 aliphatic heterocycles. The molecule has 0 radical (unpaired) electrons. The molecule has 7 nitrogen and oxygen atoms in total. The molecule has 2 aromatic heterocycles. The van der Waals surface area contributed by atoms with Gasteiger partial charge in [0.15, 0.2) is 5.82 Å². The normalized spacial score (nSPS) is 13.4. The van der Waals surface area contributed by atoms with E-state index in [1.807, 2.05) is 60.7 Å². The topological polar surface area (TPSA) is 72.4 Å². The molecule has 0 amide bonds. The highest BCUT2D eigenvalue weighted by Gasteiger charge is 2.14. The molecule has 0 atom stereocenters. The molecule has 0 spiro atoms. The van der Waals surface area contributed by atoms with Crippen LogP contribution in [0.25, 0.3) is 32.9 Å². The minimum atomic E-state index is 0.708. The molecule has 4 aromatic carbocycles. The predicted molar refractivity (Wildman–Crippen MR) is 160 cm³/mol. The van der Waals surface area contributed by atoms with Crippen LogP contribution in [-0.4, -0.2) is 41.5 Å². The van der Waals surface area contributed by atoms with Crippen LogP contribution in [0.4, 0.5) is 17.2 Å². The van der Waals surface area contributed by atoms with Crippen LogP contribution in [0.2, 0.25) is 0 Å². The van der Waals surface area contributed by atoms with Gasteiger partial charge in [-0.05, 0) is 48.5 Å². The van der Waals surface area contributed by atoms with Crippen molar-refractivity contribution < 1.29 is 9.47 Å². The summed E-state index contributed by atoms with van der Waals surface area (Å²) in [4.78, 5) is 6.92. The zero-order valence-electron chi connectivity index (χ0n) is 21.8. The van der Waals surface area contributed by atoms with E-state index in [9.17, 15) is 0 Å². The Bertz CT molecular complexity index is 1790. The van der Waals surface area contributed by atoms with E-state index in [-0.39, 0.29) is 0 Å². The number of hydrogen-bond donors (Lipinski definition) is 1. The molecule has 196 valence electrons. The van der Waals surface area contributed by atoms with Gasteiger partial charge in [0.25, 0.3) is 0 Å². The Kier molecular flexibility index (Phi) is 6.39. The number of morpholine rings is 1. The Hall–Kier alpha value is -5.01. The monoisotopic (exact) mass is 525 g/mol. The number of anilines is 3. The van der Waals surface area contributed by atoms with Crippen molar-refractivity contribution in [3.05, 3.63) is 109 Å². The van der Waals surface area contributed by atoms with Crippen molar-refractivity contribution in [2.24, 2.45) is 0 Å². The van der Waals surface area contributed by atoms with E-state index in [4.69, 9.17) is 9.47 Å². The summed E-state index contributed by atoms with van der Waals surface area (Å²) in [5.74, 6) is 2.22. The van der Waals surface area contributed by atoms with Crippen molar-refractivity contribution in [2.75, 3.05) is 36.5 Å². The van der Waals surface area contributed by atoms with E-state index >= 15 is 0 Å². The Morgan fingerprint density at radius 2 is 1.50 bits per heavy atom. The SMILES string of the molecule is c1ccc(-c2nnc(Nc3ccc(Oc4ccnc5cc(N6CCOCC6)ccc45)cc3)c3ccccc23)cc1. The van der Waals surface area contributed by atoms with Crippen LogP contribution in [0.5, 0.6) is 11.5 Å². The van der Waals surface area contributed by atoms with Gasteiger partial charge in [-0.2, -0.15) is 0 Å². The highest BCUT2D eigenvalue weighted by molar-refractivity contribution is 6.00. The van der Waals surface area contributed by atoms with Crippen LogP contribution in [0.15, 0.2) is 109 Å². The number of pyridine rings is 1. The molecule has 1 N–H and O–H groups in total. The lowest BCUT2D eigenvalue weighted by molar-refractivity contribution is 0.122. The molecule has 1 aliphatic rings. The van der Waals surface area contributed by atoms with Crippen LogP contribution in [0, 0.1) is 0 Å². The van der Waals surface area contributed by atoms with Gasteiger partial charge in [0.2, 0.25) is 0 Å². The van der Waals surface area contributed by atoms with Gasteiger partial charge < -0.3 is 19.7 Å². The van der Waals surface area contributed by atoms with Gasteiger partial charge in [-0.3, -0.25) is 4.98 Å². The molecule has 7 rings (SSSR count). The van der Waals surface area contributed by atoms with E-state index in [1.54, 1.807) is 6.20 Å². The van der Waals surface area contributed by atoms with Crippen molar-refractivity contribution in [3.8, 4) is 22.8 Å². The fourth-order valence-corrected chi connectivity index (χ4v) is 5.09. The van der Waals surface area contributed by atoms with Crippen LogP contribution in [0.3, 0.4) is 0 Å². The van der Waals surface area contributed by atoms with Gasteiger partial charge >= 0.3 is 0 Å². The number of nitrogens with one attached hydrogen (secondary N) is 1. The summed E-state index contributed by atoms with van der Waals surface area (Å²) in [5.41, 5.74) is 4.87. The Morgan fingerprint density at radius 3 is 2.33 bits per heavy atom. The standard InChI is InChI=1S/C33H27N5O2/c1-2-6-23(7-3-1)32-27-8-4-5-9-28(27)33(37-36-32)35-24-10-13-26(14-11-24)40-31-16-17-34-30-22-25(12-15-29(30)31)38-18-20-39-21-19-38/h1-17,22H,18-21H2,(H,35,37). The second kappa shape index (κ2) is 10.6. The minimum absolute atomic E-state index is 0.708. The van der Waals surface area contributed by atoms with Crippen molar-refractivity contribution >= 4 is 38.9 Å². The fourth-order valence-electron chi connectivity index (χ4n) is 5.09. The van der Waals surface area contributed by atoms with Gasteiger partial charge in [0, 0.05) is 52.4 Å². The van der Waals surface area contributed by atoms with Gasteiger partial charge in [-0.25, -0.2) is 0 Å². The molecular formula is C33H27N5O2. The van der Waals surface area contributed by atoms with E-state index in [2.05, 4.69) is 67.9 Å². The molecule has 0 aliphatic carbocycles. The maximum Gasteiger partial charge on any atom is 0.161 e. The van der Waals surface area contributed by atoms with E-state index in [0.29, 0.717) is 5.82 Å². The summed E-state index contributed by atoms with van der Waals surface area (Å²) < 4.78 is 11.8. The molecule has 6 aromatic rings. The van der Waals surface area contributed by atoms with Crippen molar-refractivity contribution in [2.45, 2.75) is 0 Å². The van der Waals surface area contributed by atoms with Gasteiger partial charge in [-0.1, -0.05) is 54.6 Å². The fraction of sp³-hybridized carbons (Fsp3) is 0.121. The lowest BCUT2D eigenvalue weighted by Gasteiger charge is -2.29. The number of nitrogens with zero attached hydrogens (tertiary/aromatic N) is 4. The first kappa shape index (κ1) is 24.1. The summed E-state index contributed by atoms with van der Waals surface area (Å²) in [6.45, 7) is 3.28. The van der Waals surface area contributed by atoms with E-state index in [0.717, 1.165) is 82.1 Å². The Balaban J connectivity index is 1.11. The number of benzene rings is 4. The average Bonchev–Trinajstić information content (AvgIpc) is 3.03. The number of aromatic nitrogens is 3. The van der Waals surface area contributed by atoms with Gasteiger partial charge in [0.1, 0.15) is 17.2 Å². The summed E-state index contributed by atoms with van der Waals surface area (Å²) in [6, 6.07) is 34.4. The first-order valence-corrected chi connectivity index (χ1v) is 13.4. The van der Waals surface area contributed by atoms with Crippen LogP contribution >= 0.6 is 0 Å². The van der Waals surface area contributed by atoms with Crippen LogP contribution < -0.4 is 15.0 Å². The molecule has 3 heterocycles. The van der Waals surface area contributed by atoms with Crippen molar-refractivity contribution in [3.63, 3.8) is 0 Å². The molecule has 0 unspecified atom stereocenters. The first-order chi connectivity index (χ1) is 19.8. The van der Waals surface area contributed by atoms with Crippen molar-refractivity contribution in [1.82, 2.24) is 15.2 Å². The second-order valence-electron chi connectivity index (χ2n) is 9.67.